The van der Waals surface area contributed by atoms with E-state index >= 15 is 0 Å². The van der Waals surface area contributed by atoms with Gasteiger partial charge in [0.05, 0.1) is 11.8 Å². The topological polar surface area (TPSA) is 58.9 Å². The first-order chi connectivity index (χ1) is 12.4. The van der Waals surface area contributed by atoms with E-state index in [2.05, 4.69) is 30.8 Å². The Morgan fingerprint density at radius 2 is 2.15 bits per heavy atom. The molecule has 1 N–H and O–H groups in total. The van der Waals surface area contributed by atoms with E-state index in [4.69, 9.17) is 4.84 Å². The molecule has 0 aromatic rings. The van der Waals surface area contributed by atoms with Crippen molar-refractivity contribution in [3.05, 3.63) is 35.5 Å². The fourth-order valence-electron chi connectivity index (χ4n) is 4.78. The molecule has 3 rings (SSSR count). The van der Waals surface area contributed by atoms with Crippen molar-refractivity contribution in [1.82, 2.24) is 0 Å². The number of allylic oxidation sites excluding steroid dienone is 4. The summed E-state index contributed by atoms with van der Waals surface area (Å²) in [6, 6.07) is 0. The van der Waals surface area contributed by atoms with Crippen LogP contribution in [0.4, 0.5) is 0 Å². The molecule has 3 atom stereocenters. The number of oxime groups is 1. The van der Waals surface area contributed by atoms with E-state index < -0.39 is 0 Å². The molecule has 142 valence electrons. The Labute approximate surface area is 156 Å². The largest absolute Gasteiger partial charge is 0.393 e. The number of Topliss-reactive ketones (excluding diaryl/α,β-unsaturated/α-hetero) is 1. The van der Waals surface area contributed by atoms with Crippen molar-refractivity contribution in [2.24, 2.45) is 16.5 Å². The fraction of sp³-hybridized carbons (Fsp3) is 0.636. The van der Waals surface area contributed by atoms with Gasteiger partial charge in [-0.3, -0.25) is 4.79 Å². The molecule has 3 aliphatic rings. The predicted octanol–water partition coefficient (Wildman–Crippen LogP) is 4.50. The molecule has 3 fully saturated rings. The molecule has 0 bridgehead atoms. The quantitative estimate of drug-likeness (QED) is 0.754. The molecule has 0 saturated heterocycles. The maximum atomic E-state index is 11.1. The standard InChI is InChI=1S/C22H31NO3/c1-15-6-9-19(25)13-18(15)8-7-17-5-4-12-22(3)20(17)10-11-21(22)23-26-14-16(2)24/h7-8,19-20,25H,1,4-6,9-14H2,2-3H3/b17-7+,18-8-,23-21+/t19-,20?,22+/m1/s1. The first-order valence-electron chi connectivity index (χ1n) is 9.84. The molecule has 26 heavy (non-hydrogen) atoms. The number of rotatable bonds is 4. The van der Waals surface area contributed by atoms with E-state index in [1.807, 2.05) is 0 Å². The van der Waals surface area contributed by atoms with E-state index in [-0.39, 0.29) is 23.9 Å². The highest BCUT2D eigenvalue weighted by Gasteiger charge is 2.47. The highest BCUT2D eigenvalue weighted by Crippen LogP contribution is 2.52. The van der Waals surface area contributed by atoms with E-state index in [1.54, 1.807) is 0 Å². The molecule has 3 saturated carbocycles. The van der Waals surface area contributed by atoms with Crippen LogP contribution in [0.5, 0.6) is 0 Å². The van der Waals surface area contributed by atoms with Crippen LogP contribution in [-0.4, -0.2) is 29.3 Å². The van der Waals surface area contributed by atoms with Crippen molar-refractivity contribution in [3.8, 4) is 0 Å². The van der Waals surface area contributed by atoms with Gasteiger partial charge < -0.3 is 9.94 Å². The van der Waals surface area contributed by atoms with Gasteiger partial charge >= 0.3 is 0 Å². The van der Waals surface area contributed by atoms with Crippen LogP contribution in [0.1, 0.15) is 65.2 Å². The summed E-state index contributed by atoms with van der Waals surface area (Å²) >= 11 is 0. The second-order valence-electron chi connectivity index (χ2n) is 8.31. The van der Waals surface area contributed by atoms with E-state index in [9.17, 15) is 9.90 Å². The van der Waals surface area contributed by atoms with Crippen molar-refractivity contribution < 1.29 is 14.7 Å². The number of fused-ring (bicyclic) bond motifs is 1. The van der Waals surface area contributed by atoms with Crippen LogP contribution in [0.3, 0.4) is 0 Å². The van der Waals surface area contributed by atoms with Crippen LogP contribution >= 0.6 is 0 Å². The average molecular weight is 357 g/mol. The normalized spacial score (nSPS) is 36.6. The predicted molar refractivity (Wildman–Crippen MR) is 104 cm³/mol. The molecule has 0 radical (unpaired) electrons. The zero-order chi connectivity index (χ0) is 18.7. The Kier molecular flexibility index (Phi) is 5.81. The Bertz CT molecular complexity index is 673. The van der Waals surface area contributed by atoms with Gasteiger partial charge in [0.25, 0.3) is 0 Å². The van der Waals surface area contributed by atoms with Gasteiger partial charge in [0.15, 0.2) is 12.4 Å². The van der Waals surface area contributed by atoms with Crippen molar-refractivity contribution in [3.63, 3.8) is 0 Å². The molecular weight excluding hydrogens is 326 g/mol. The Balaban J connectivity index is 1.77. The smallest absolute Gasteiger partial charge is 0.174 e. The lowest BCUT2D eigenvalue weighted by Gasteiger charge is -2.38. The van der Waals surface area contributed by atoms with Crippen LogP contribution in [0.15, 0.2) is 40.6 Å². The van der Waals surface area contributed by atoms with Crippen molar-refractivity contribution in [2.75, 3.05) is 6.61 Å². The third-order valence-electron chi connectivity index (χ3n) is 6.34. The number of nitrogens with zero attached hydrogens (tertiary/aromatic N) is 1. The molecule has 4 nitrogen and oxygen atoms in total. The van der Waals surface area contributed by atoms with Gasteiger partial charge in [0.1, 0.15) is 0 Å². The number of carbonyl (C=O) groups is 1. The Morgan fingerprint density at radius 3 is 2.92 bits per heavy atom. The number of aliphatic hydroxyl groups is 1. The van der Waals surface area contributed by atoms with Gasteiger partial charge in [0.2, 0.25) is 0 Å². The summed E-state index contributed by atoms with van der Waals surface area (Å²) < 4.78 is 0. The third kappa shape index (κ3) is 4.01. The highest BCUT2D eigenvalue weighted by molar-refractivity contribution is 5.92. The first-order valence-corrected chi connectivity index (χ1v) is 9.84. The summed E-state index contributed by atoms with van der Waals surface area (Å²) in [5.41, 5.74) is 5.00. The second-order valence-corrected chi connectivity index (χ2v) is 8.31. The van der Waals surface area contributed by atoms with Gasteiger partial charge in [-0.1, -0.05) is 42.0 Å². The van der Waals surface area contributed by atoms with Gasteiger partial charge in [-0.2, -0.15) is 0 Å². The third-order valence-corrected chi connectivity index (χ3v) is 6.34. The first kappa shape index (κ1) is 19.1. The zero-order valence-electron chi connectivity index (χ0n) is 16.1. The minimum absolute atomic E-state index is 0.000183. The maximum Gasteiger partial charge on any atom is 0.174 e. The van der Waals surface area contributed by atoms with Crippen LogP contribution in [-0.2, 0) is 9.63 Å². The molecule has 0 amide bonds. The molecular formula is C22H31NO3. The van der Waals surface area contributed by atoms with Crippen LogP contribution in [0, 0.1) is 11.3 Å². The van der Waals surface area contributed by atoms with Gasteiger partial charge in [-0.15, -0.1) is 0 Å². The minimum Gasteiger partial charge on any atom is -0.393 e. The summed E-state index contributed by atoms with van der Waals surface area (Å²) in [5, 5.41) is 14.3. The lowest BCUT2D eigenvalue weighted by Crippen LogP contribution is -2.33. The Hall–Kier alpha value is -1.68. The van der Waals surface area contributed by atoms with E-state index in [0.717, 1.165) is 62.7 Å². The molecule has 0 aromatic carbocycles. The number of ketones is 1. The number of hydrogen-bond acceptors (Lipinski definition) is 4. The molecule has 4 heteroatoms. The van der Waals surface area contributed by atoms with Crippen molar-refractivity contribution in [1.29, 1.82) is 0 Å². The second kappa shape index (κ2) is 7.91. The van der Waals surface area contributed by atoms with Crippen molar-refractivity contribution >= 4 is 11.5 Å². The average Bonchev–Trinajstić information content (AvgIpc) is 2.92. The van der Waals surface area contributed by atoms with E-state index in [0.29, 0.717) is 5.92 Å². The summed E-state index contributed by atoms with van der Waals surface area (Å²) in [6.07, 6.45) is 12.1. The molecule has 0 spiro atoms. The number of aliphatic hydroxyl groups excluding tert-OH is 1. The molecule has 1 unspecified atom stereocenters. The van der Waals surface area contributed by atoms with Crippen LogP contribution in [0.25, 0.3) is 0 Å². The van der Waals surface area contributed by atoms with Gasteiger partial charge in [-0.05, 0) is 69.8 Å². The fourth-order valence-corrected chi connectivity index (χ4v) is 4.78. The monoisotopic (exact) mass is 357 g/mol. The van der Waals surface area contributed by atoms with Crippen LogP contribution in [0.2, 0.25) is 0 Å². The Morgan fingerprint density at radius 1 is 1.35 bits per heavy atom. The lowest BCUT2D eigenvalue weighted by atomic mass is 9.66. The van der Waals surface area contributed by atoms with E-state index in [1.165, 1.54) is 18.1 Å². The van der Waals surface area contributed by atoms with Gasteiger partial charge in [0, 0.05) is 5.41 Å². The number of carbonyl (C=O) groups excluding carboxylic acids is 1. The zero-order valence-corrected chi connectivity index (χ0v) is 16.1. The highest BCUT2D eigenvalue weighted by atomic mass is 16.6. The molecule has 0 aromatic heterocycles. The molecule has 3 aliphatic carbocycles. The number of hydrogen-bond donors (Lipinski definition) is 1. The molecule has 0 aliphatic heterocycles. The van der Waals surface area contributed by atoms with Crippen molar-refractivity contribution in [2.45, 2.75) is 71.3 Å². The lowest BCUT2D eigenvalue weighted by molar-refractivity contribution is -0.121. The SMILES string of the molecule is C=C1CC[C@@H](O)C/C1=C/C=C1\CCC[C@]2(C)/C(=N/OCC(C)=O)CCC12. The van der Waals surface area contributed by atoms with Gasteiger partial charge in [-0.25, -0.2) is 0 Å². The summed E-state index contributed by atoms with van der Waals surface area (Å²) in [6.45, 7) is 8.04. The molecule has 0 heterocycles. The maximum absolute atomic E-state index is 11.1. The summed E-state index contributed by atoms with van der Waals surface area (Å²) in [4.78, 5) is 16.4. The summed E-state index contributed by atoms with van der Waals surface area (Å²) in [7, 11) is 0. The van der Waals surface area contributed by atoms with Crippen LogP contribution < -0.4 is 0 Å². The summed E-state index contributed by atoms with van der Waals surface area (Å²) in [5.74, 6) is 0.495. The minimum atomic E-state index is -0.231.